The highest BCUT2D eigenvalue weighted by molar-refractivity contribution is 5.31. The summed E-state index contributed by atoms with van der Waals surface area (Å²) in [6.07, 6.45) is 1.14. The zero-order valence-corrected chi connectivity index (χ0v) is 12.7. The maximum atomic E-state index is 5.68. The summed E-state index contributed by atoms with van der Waals surface area (Å²) in [5.74, 6) is 0.934. The Hall–Kier alpha value is -1.06. The van der Waals surface area contributed by atoms with Crippen LogP contribution in [-0.4, -0.2) is 33.4 Å². The van der Waals surface area contributed by atoms with Gasteiger partial charge in [-0.15, -0.1) is 0 Å². The van der Waals surface area contributed by atoms with Gasteiger partial charge in [0.1, 0.15) is 12.4 Å². The normalized spacial score (nSPS) is 11.6. The molecule has 1 aromatic carbocycles. The highest BCUT2D eigenvalue weighted by Gasteiger charge is 2.17. The molecule has 108 valence electrons. The van der Waals surface area contributed by atoms with Crippen molar-refractivity contribution in [3.05, 3.63) is 29.8 Å². The van der Waals surface area contributed by atoms with Crippen molar-refractivity contribution in [2.24, 2.45) is 0 Å². The summed E-state index contributed by atoms with van der Waals surface area (Å²) in [6.45, 7) is 9.87. The maximum absolute atomic E-state index is 5.68. The molecule has 0 aliphatic carbocycles. The van der Waals surface area contributed by atoms with Crippen molar-refractivity contribution in [3.8, 4) is 5.75 Å². The van der Waals surface area contributed by atoms with E-state index >= 15 is 0 Å². The Balaban J connectivity index is 2.32. The van der Waals surface area contributed by atoms with E-state index in [1.54, 1.807) is 7.11 Å². The fourth-order valence-electron chi connectivity index (χ4n) is 1.75. The number of benzene rings is 1. The Morgan fingerprint density at radius 3 is 2.26 bits per heavy atom. The van der Waals surface area contributed by atoms with E-state index in [1.807, 2.05) is 0 Å². The third-order valence-electron chi connectivity index (χ3n) is 3.55. The molecule has 0 radical (unpaired) electrons. The molecule has 1 rings (SSSR count). The first-order valence-electron chi connectivity index (χ1n) is 7.03. The molecule has 3 heteroatoms. The van der Waals surface area contributed by atoms with Crippen LogP contribution < -0.4 is 10.1 Å². The second-order valence-corrected chi connectivity index (χ2v) is 5.35. The largest absolute Gasteiger partial charge is 0.492 e. The van der Waals surface area contributed by atoms with Gasteiger partial charge in [0.25, 0.3) is 0 Å². The molecule has 0 spiro atoms. The van der Waals surface area contributed by atoms with Crippen molar-refractivity contribution in [1.82, 2.24) is 5.32 Å². The number of nitrogens with one attached hydrogen (secondary N) is 1. The van der Waals surface area contributed by atoms with Gasteiger partial charge in [-0.25, -0.2) is 0 Å². The van der Waals surface area contributed by atoms with E-state index in [0.717, 1.165) is 31.9 Å². The molecule has 0 heterocycles. The summed E-state index contributed by atoms with van der Waals surface area (Å²) in [7, 11) is 1.71. The van der Waals surface area contributed by atoms with E-state index in [9.17, 15) is 0 Å². The summed E-state index contributed by atoms with van der Waals surface area (Å²) in [5, 5.41) is 3.25. The lowest BCUT2D eigenvalue weighted by molar-refractivity contribution is 0.197. The second kappa shape index (κ2) is 8.18. The quantitative estimate of drug-likeness (QED) is 0.696. The van der Waals surface area contributed by atoms with Crippen LogP contribution in [0.1, 0.15) is 32.8 Å². The van der Waals surface area contributed by atoms with Crippen LogP contribution in [0.4, 0.5) is 0 Å². The second-order valence-electron chi connectivity index (χ2n) is 5.35. The van der Waals surface area contributed by atoms with E-state index in [4.69, 9.17) is 9.47 Å². The van der Waals surface area contributed by atoms with Crippen LogP contribution >= 0.6 is 0 Å². The van der Waals surface area contributed by atoms with Gasteiger partial charge in [0.2, 0.25) is 0 Å². The summed E-state index contributed by atoms with van der Waals surface area (Å²) >= 11 is 0. The number of methoxy groups -OCH3 is 1. The highest BCUT2D eigenvalue weighted by Crippen LogP contribution is 2.27. The molecule has 1 N–H and O–H groups in total. The van der Waals surface area contributed by atoms with Crippen LogP contribution in [0.5, 0.6) is 5.75 Å². The fourth-order valence-corrected chi connectivity index (χ4v) is 1.75. The van der Waals surface area contributed by atoms with Gasteiger partial charge in [-0.2, -0.15) is 0 Å². The molecule has 0 atom stereocenters. The zero-order chi connectivity index (χ0) is 14.1. The van der Waals surface area contributed by atoms with Crippen molar-refractivity contribution in [1.29, 1.82) is 0 Å². The topological polar surface area (TPSA) is 30.5 Å². The lowest BCUT2D eigenvalue weighted by Gasteiger charge is -2.23. The SMILES string of the molecule is CCC(C)(C)c1ccc(OCCNCCOC)cc1. The molecule has 3 nitrogen and oxygen atoms in total. The van der Waals surface area contributed by atoms with Crippen molar-refractivity contribution in [2.75, 3.05) is 33.4 Å². The van der Waals surface area contributed by atoms with Gasteiger partial charge in [-0.05, 0) is 29.5 Å². The Labute approximate surface area is 117 Å². The van der Waals surface area contributed by atoms with Crippen molar-refractivity contribution in [3.63, 3.8) is 0 Å². The van der Waals surface area contributed by atoms with Crippen LogP contribution in [0.25, 0.3) is 0 Å². The number of rotatable bonds is 9. The summed E-state index contributed by atoms with van der Waals surface area (Å²) in [6, 6.07) is 8.44. The predicted octanol–water partition coefficient (Wildman–Crippen LogP) is 2.99. The Bertz CT molecular complexity index is 346. The van der Waals surface area contributed by atoms with Gasteiger partial charge in [-0.1, -0.05) is 32.9 Å². The molecule has 0 fully saturated rings. The van der Waals surface area contributed by atoms with Crippen molar-refractivity contribution >= 4 is 0 Å². The first kappa shape index (κ1) is 16.0. The van der Waals surface area contributed by atoms with Crippen LogP contribution in [-0.2, 0) is 10.2 Å². The molecule has 0 amide bonds. The molecule has 0 aromatic heterocycles. The zero-order valence-electron chi connectivity index (χ0n) is 12.7. The molecule has 0 unspecified atom stereocenters. The van der Waals surface area contributed by atoms with Gasteiger partial charge in [0.05, 0.1) is 6.61 Å². The smallest absolute Gasteiger partial charge is 0.119 e. The van der Waals surface area contributed by atoms with E-state index < -0.39 is 0 Å². The van der Waals surface area contributed by atoms with Crippen molar-refractivity contribution < 1.29 is 9.47 Å². The molecule has 0 bridgehead atoms. The Morgan fingerprint density at radius 1 is 1.05 bits per heavy atom. The first-order chi connectivity index (χ1) is 9.10. The minimum absolute atomic E-state index is 0.236. The molecular weight excluding hydrogens is 238 g/mol. The molecule has 0 aliphatic rings. The Morgan fingerprint density at radius 2 is 1.68 bits per heavy atom. The number of ether oxygens (including phenoxy) is 2. The Kier molecular flexibility index (Phi) is 6.89. The predicted molar refractivity (Wildman–Crippen MR) is 80.0 cm³/mol. The average Bonchev–Trinajstić information content (AvgIpc) is 2.43. The molecule has 0 saturated heterocycles. The van der Waals surface area contributed by atoms with Crippen molar-refractivity contribution in [2.45, 2.75) is 32.6 Å². The minimum atomic E-state index is 0.236. The first-order valence-corrected chi connectivity index (χ1v) is 7.03. The monoisotopic (exact) mass is 265 g/mol. The molecule has 0 aliphatic heterocycles. The molecule has 0 saturated carbocycles. The summed E-state index contributed by atoms with van der Waals surface area (Å²) in [5.41, 5.74) is 1.60. The molecule has 19 heavy (non-hydrogen) atoms. The minimum Gasteiger partial charge on any atom is -0.492 e. The van der Waals surface area contributed by atoms with Crippen LogP contribution in [0, 0.1) is 0 Å². The fraction of sp³-hybridized carbons (Fsp3) is 0.625. The lowest BCUT2D eigenvalue weighted by atomic mass is 9.82. The lowest BCUT2D eigenvalue weighted by Crippen LogP contribution is -2.24. The molecular formula is C16H27NO2. The van der Waals surface area contributed by atoms with Crippen LogP contribution in [0.2, 0.25) is 0 Å². The standard InChI is InChI=1S/C16H27NO2/c1-5-16(2,3)14-6-8-15(9-7-14)19-13-11-17-10-12-18-4/h6-9,17H,5,10-13H2,1-4H3. The van der Waals surface area contributed by atoms with Crippen LogP contribution in [0.3, 0.4) is 0 Å². The van der Waals surface area contributed by atoms with Gasteiger partial charge in [-0.3, -0.25) is 0 Å². The summed E-state index contributed by atoms with van der Waals surface area (Å²) in [4.78, 5) is 0. The third-order valence-corrected chi connectivity index (χ3v) is 3.55. The highest BCUT2D eigenvalue weighted by atomic mass is 16.5. The molecule has 1 aromatic rings. The van der Waals surface area contributed by atoms with E-state index in [2.05, 4.69) is 50.4 Å². The van der Waals surface area contributed by atoms with Gasteiger partial charge < -0.3 is 14.8 Å². The average molecular weight is 265 g/mol. The van der Waals surface area contributed by atoms with E-state index in [0.29, 0.717) is 6.61 Å². The van der Waals surface area contributed by atoms with Crippen LogP contribution in [0.15, 0.2) is 24.3 Å². The van der Waals surface area contributed by atoms with Gasteiger partial charge in [0.15, 0.2) is 0 Å². The number of hydrogen-bond donors (Lipinski definition) is 1. The van der Waals surface area contributed by atoms with E-state index in [-0.39, 0.29) is 5.41 Å². The van der Waals surface area contributed by atoms with Gasteiger partial charge >= 0.3 is 0 Å². The summed E-state index contributed by atoms with van der Waals surface area (Å²) < 4.78 is 10.6. The van der Waals surface area contributed by atoms with E-state index in [1.165, 1.54) is 5.56 Å². The van der Waals surface area contributed by atoms with Gasteiger partial charge in [0, 0.05) is 20.2 Å². The number of hydrogen-bond acceptors (Lipinski definition) is 3. The third kappa shape index (κ3) is 5.62. The maximum Gasteiger partial charge on any atom is 0.119 e.